The molecule has 1 aromatic rings. The summed E-state index contributed by atoms with van der Waals surface area (Å²) in [4.78, 5) is 16.1. The van der Waals surface area contributed by atoms with Gasteiger partial charge in [0, 0.05) is 22.7 Å². The summed E-state index contributed by atoms with van der Waals surface area (Å²) < 4.78 is 29.4. The summed E-state index contributed by atoms with van der Waals surface area (Å²) in [6, 6.07) is 5.49. The van der Waals surface area contributed by atoms with Gasteiger partial charge in [-0.15, -0.1) is 0 Å². The molecular formula is C20H30ClN2O4S+. The number of likely N-dealkylation sites (N-methyl/N-ethyl adjacent to an activating group) is 1. The summed E-state index contributed by atoms with van der Waals surface area (Å²) >= 11 is 6.12. The number of benzene rings is 1. The van der Waals surface area contributed by atoms with Crippen molar-refractivity contribution >= 4 is 27.3 Å². The zero-order valence-electron chi connectivity index (χ0n) is 16.6. The first-order valence-electron chi connectivity index (χ1n) is 9.94. The van der Waals surface area contributed by atoms with Crippen LogP contribution in [0.3, 0.4) is 0 Å². The van der Waals surface area contributed by atoms with Crippen molar-refractivity contribution in [2.45, 2.75) is 50.7 Å². The van der Waals surface area contributed by atoms with Gasteiger partial charge in [0.25, 0.3) is 5.91 Å². The van der Waals surface area contributed by atoms with Crippen molar-refractivity contribution in [2.75, 3.05) is 32.2 Å². The largest absolute Gasteiger partial charge is 0.496 e. The number of hydrogen-bond donors (Lipinski definition) is 1. The second-order valence-electron chi connectivity index (χ2n) is 8.06. The maximum atomic E-state index is 13.2. The molecular weight excluding hydrogens is 400 g/mol. The van der Waals surface area contributed by atoms with Crippen molar-refractivity contribution in [1.29, 1.82) is 0 Å². The average Bonchev–Trinajstić information content (AvgIpc) is 3.25. The third-order valence-electron chi connectivity index (χ3n) is 5.80. The lowest BCUT2D eigenvalue weighted by atomic mass is 10.1. The molecule has 156 valence electrons. The number of carbonyl (C=O) groups is 1. The summed E-state index contributed by atoms with van der Waals surface area (Å²) in [5.74, 6) is 1.10. The number of nitrogens with zero attached hydrogens (tertiary/aromatic N) is 1. The van der Waals surface area contributed by atoms with Crippen LogP contribution in [0, 0.1) is 0 Å². The van der Waals surface area contributed by atoms with E-state index >= 15 is 0 Å². The molecule has 1 unspecified atom stereocenters. The minimum absolute atomic E-state index is 0.0486. The van der Waals surface area contributed by atoms with Gasteiger partial charge in [-0.3, -0.25) is 4.79 Å². The van der Waals surface area contributed by atoms with E-state index in [-0.39, 0.29) is 29.5 Å². The average molecular weight is 430 g/mol. The predicted molar refractivity (Wildman–Crippen MR) is 110 cm³/mol. The highest BCUT2D eigenvalue weighted by Crippen LogP contribution is 2.29. The van der Waals surface area contributed by atoms with Crippen LogP contribution in [-0.4, -0.2) is 63.5 Å². The topological polar surface area (TPSA) is 68.1 Å². The second kappa shape index (κ2) is 9.01. The molecule has 0 radical (unpaired) electrons. The monoisotopic (exact) mass is 429 g/mol. The minimum atomic E-state index is -3.03. The second-order valence-corrected chi connectivity index (χ2v) is 10.7. The highest BCUT2D eigenvalue weighted by atomic mass is 35.5. The van der Waals surface area contributed by atoms with Crippen LogP contribution in [0.25, 0.3) is 0 Å². The molecule has 0 spiro atoms. The van der Waals surface area contributed by atoms with E-state index in [9.17, 15) is 13.2 Å². The molecule has 0 aromatic heterocycles. The number of methoxy groups -OCH3 is 1. The molecule has 1 aromatic carbocycles. The van der Waals surface area contributed by atoms with Crippen LogP contribution in [0.5, 0.6) is 5.75 Å². The fourth-order valence-corrected chi connectivity index (χ4v) is 6.41. The molecule has 1 saturated heterocycles. The first-order valence-corrected chi connectivity index (χ1v) is 12.1. The molecule has 1 aliphatic heterocycles. The maximum absolute atomic E-state index is 13.2. The zero-order valence-corrected chi connectivity index (χ0v) is 18.2. The van der Waals surface area contributed by atoms with Crippen LogP contribution in [0.2, 0.25) is 5.02 Å². The molecule has 1 heterocycles. The van der Waals surface area contributed by atoms with Crippen LogP contribution in [-0.2, 0) is 21.2 Å². The van der Waals surface area contributed by atoms with Crippen molar-refractivity contribution in [3.63, 3.8) is 0 Å². The molecule has 2 atom stereocenters. The Morgan fingerprint density at radius 1 is 1.25 bits per heavy atom. The number of rotatable bonds is 7. The highest BCUT2D eigenvalue weighted by Gasteiger charge is 2.39. The van der Waals surface area contributed by atoms with E-state index in [2.05, 4.69) is 0 Å². The molecule has 1 N–H and O–H groups in total. The van der Waals surface area contributed by atoms with Gasteiger partial charge in [-0.05, 0) is 37.5 Å². The van der Waals surface area contributed by atoms with Gasteiger partial charge in [0.2, 0.25) is 0 Å². The van der Waals surface area contributed by atoms with Crippen LogP contribution in [0.1, 0.15) is 37.7 Å². The quantitative estimate of drug-likeness (QED) is 0.709. The lowest BCUT2D eigenvalue weighted by molar-refractivity contribution is -0.885. The van der Waals surface area contributed by atoms with Gasteiger partial charge < -0.3 is 14.5 Å². The Hall–Kier alpha value is -1.31. The third kappa shape index (κ3) is 5.19. The Morgan fingerprint density at radius 2 is 1.96 bits per heavy atom. The Morgan fingerprint density at radius 3 is 2.57 bits per heavy atom. The highest BCUT2D eigenvalue weighted by molar-refractivity contribution is 7.91. The van der Waals surface area contributed by atoms with Gasteiger partial charge in [-0.25, -0.2) is 8.42 Å². The lowest BCUT2D eigenvalue weighted by Crippen LogP contribution is -3.09. The van der Waals surface area contributed by atoms with E-state index in [0.717, 1.165) is 41.9 Å². The molecule has 2 fully saturated rings. The number of hydrogen-bond acceptors (Lipinski definition) is 4. The molecule has 1 saturated carbocycles. The number of nitrogens with one attached hydrogen (secondary N) is 1. The summed E-state index contributed by atoms with van der Waals surface area (Å²) in [5.41, 5.74) is 0.955. The number of ether oxygens (including phenoxy) is 1. The van der Waals surface area contributed by atoms with Crippen molar-refractivity contribution in [3.8, 4) is 5.75 Å². The predicted octanol–water partition coefficient (Wildman–Crippen LogP) is 1.32. The molecule has 28 heavy (non-hydrogen) atoms. The molecule has 8 heteroatoms. The first-order chi connectivity index (χ1) is 13.3. The summed E-state index contributed by atoms with van der Waals surface area (Å²) in [7, 11) is 0.563. The van der Waals surface area contributed by atoms with Crippen molar-refractivity contribution in [1.82, 2.24) is 4.90 Å². The van der Waals surface area contributed by atoms with Crippen LogP contribution < -0.4 is 9.64 Å². The summed E-state index contributed by atoms with van der Waals surface area (Å²) in [6.07, 6.45) is 4.73. The standard InChI is InChI=1S/C20H29ClN2O4S/c1-22(12-15-11-16(21)7-8-19(15)27-2)13-20(24)23(17-5-3-4-6-17)18-9-10-28(25,26)14-18/h7-8,11,17-18H,3-6,9-10,12-14H2,1-2H3/p+1/t18-/m0/s1. The fraction of sp³-hybridized carbons (Fsp3) is 0.650. The van der Waals surface area contributed by atoms with E-state index in [1.54, 1.807) is 13.2 Å². The van der Waals surface area contributed by atoms with E-state index in [1.165, 1.54) is 0 Å². The zero-order chi connectivity index (χ0) is 20.3. The third-order valence-corrected chi connectivity index (χ3v) is 7.78. The van der Waals surface area contributed by atoms with Crippen molar-refractivity contribution < 1.29 is 22.8 Å². The van der Waals surface area contributed by atoms with Crippen molar-refractivity contribution in [3.05, 3.63) is 28.8 Å². The van der Waals surface area contributed by atoms with Gasteiger partial charge in [-0.1, -0.05) is 24.4 Å². The Kier molecular flexibility index (Phi) is 6.89. The Bertz CT molecular complexity index is 808. The Labute approximate surface area is 172 Å². The van der Waals surface area contributed by atoms with Crippen molar-refractivity contribution in [2.24, 2.45) is 0 Å². The van der Waals surface area contributed by atoms with Gasteiger partial charge in [0.15, 0.2) is 16.4 Å². The lowest BCUT2D eigenvalue weighted by Gasteiger charge is -2.34. The van der Waals surface area contributed by atoms with E-state index in [4.69, 9.17) is 16.3 Å². The van der Waals surface area contributed by atoms with Gasteiger partial charge in [0.1, 0.15) is 12.3 Å². The van der Waals surface area contributed by atoms with E-state index < -0.39 is 9.84 Å². The van der Waals surface area contributed by atoms with E-state index in [0.29, 0.717) is 24.5 Å². The molecule has 1 aliphatic carbocycles. The molecule has 0 bridgehead atoms. The first kappa shape index (κ1) is 21.4. The Balaban J connectivity index is 1.70. The van der Waals surface area contributed by atoms with Gasteiger partial charge in [0.05, 0.1) is 25.7 Å². The fourth-order valence-electron chi connectivity index (χ4n) is 4.50. The van der Waals surface area contributed by atoms with Crippen LogP contribution in [0.4, 0.5) is 0 Å². The normalized spacial score (nSPS) is 22.9. The molecule has 6 nitrogen and oxygen atoms in total. The molecule has 3 rings (SSSR count). The van der Waals surface area contributed by atoms with Crippen LogP contribution in [0.15, 0.2) is 18.2 Å². The number of halogens is 1. The van der Waals surface area contributed by atoms with Crippen LogP contribution >= 0.6 is 11.6 Å². The number of carbonyl (C=O) groups excluding carboxylic acids is 1. The number of amides is 1. The molecule has 1 amide bonds. The maximum Gasteiger partial charge on any atom is 0.278 e. The minimum Gasteiger partial charge on any atom is -0.496 e. The van der Waals surface area contributed by atoms with Gasteiger partial charge >= 0.3 is 0 Å². The SMILES string of the molecule is COc1ccc(Cl)cc1C[NH+](C)CC(=O)N(C1CCCC1)[C@H]1CCS(=O)(=O)C1. The number of quaternary nitrogens is 1. The number of sulfone groups is 1. The summed E-state index contributed by atoms with van der Waals surface area (Å²) in [6.45, 7) is 0.930. The van der Waals surface area contributed by atoms with Gasteiger partial charge in [-0.2, -0.15) is 0 Å². The molecule has 2 aliphatic rings. The van der Waals surface area contributed by atoms with E-state index in [1.807, 2.05) is 24.1 Å². The summed E-state index contributed by atoms with van der Waals surface area (Å²) in [5, 5.41) is 0.638. The smallest absolute Gasteiger partial charge is 0.278 e.